The van der Waals surface area contributed by atoms with E-state index >= 15 is 0 Å². The third-order valence-corrected chi connectivity index (χ3v) is 6.97. The monoisotopic (exact) mass is 475 g/mol. The molecule has 4 aromatic rings. The van der Waals surface area contributed by atoms with Gasteiger partial charge in [0.25, 0.3) is 5.91 Å². The summed E-state index contributed by atoms with van der Waals surface area (Å²) in [4.78, 5) is 15.2. The smallest absolute Gasteiger partial charge is 0.253 e. The molecule has 1 amide bonds. The van der Waals surface area contributed by atoms with Crippen LogP contribution in [-0.2, 0) is 5.54 Å². The van der Waals surface area contributed by atoms with Crippen LogP contribution in [0.15, 0.2) is 83.8 Å². The normalized spacial score (nSPS) is 15.6. The van der Waals surface area contributed by atoms with Gasteiger partial charge in [-0.1, -0.05) is 12.1 Å². The molecule has 1 N–H and O–H groups in total. The highest BCUT2D eigenvalue weighted by Gasteiger charge is 2.42. The topological polar surface area (TPSA) is 59.6 Å². The van der Waals surface area contributed by atoms with Crippen LogP contribution in [0.4, 0.5) is 5.69 Å². The first kappa shape index (κ1) is 22.2. The van der Waals surface area contributed by atoms with Crippen LogP contribution in [0.2, 0.25) is 0 Å². The Hall–Kier alpha value is -3.64. The van der Waals surface area contributed by atoms with Gasteiger partial charge in [0.05, 0.1) is 36.5 Å². The summed E-state index contributed by atoms with van der Waals surface area (Å²) in [5.41, 5.74) is 6.00. The zero-order chi connectivity index (χ0) is 22.4. The van der Waals surface area contributed by atoms with Gasteiger partial charge in [-0.25, -0.2) is 0 Å². The van der Waals surface area contributed by atoms with Crippen molar-refractivity contribution in [3.8, 4) is 22.6 Å². The van der Waals surface area contributed by atoms with Gasteiger partial charge in [0.15, 0.2) is 0 Å². The fourth-order valence-corrected chi connectivity index (χ4v) is 5.14. The zero-order valence-corrected chi connectivity index (χ0v) is 19.7. The van der Waals surface area contributed by atoms with E-state index in [1.165, 1.54) is 5.69 Å². The summed E-state index contributed by atoms with van der Waals surface area (Å²) >= 11 is 0. The number of carbonyl (C=O) groups is 1. The average molecular weight is 476 g/mol. The summed E-state index contributed by atoms with van der Waals surface area (Å²) in [7, 11) is 1.69. The number of nitrogens with zero attached hydrogens (tertiary/aromatic N) is 2. The summed E-state index contributed by atoms with van der Waals surface area (Å²) < 4.78 is 12.9. The van der Waals surface area contributed by atoms with Gasteiger partial charge in [0, 0.05) is 42.2 Å². The highest BCUT2D eigenvalue weighted by Crippen LogP contribution is 2.44. The fraction of sp³-hybridized carbons (Fsp3) is 0.222. The van der Waals surface area contributed by atoms with Crippen LogP contribution >= 0.6 is 12.4 Å². The first-order valence-corrected chi connectivity index (χ1v) is 11.2. The lowest BCUT2D eigenvalue weighted by Gasteiger charge is -2.46. The van der Waals surface area contributed by atoms with Crippen molar-refractivity contribution in [2.75, 3.05) is 25.5 Å². The van der Waals surface area contributed by atoms with Crippen LogP contribution < -0.4 is 10.1 Å². The Balaban J connectivity index is 0.00000241. The second-order valence-corrected chi connectivity index (χ2v) is 8.74. The molecule has 34 heavy (non-hydrogen) atoms. The van der Waals surface area contributed by atoms with Crippen molar-refractivity contribution in [3.05, 3.63) is 90.6 Å². The van der Waals surface area contributed by atoms with E-state index in [9.17, 15) is 4.79 Å². The van der Waals surface area contributed by atoms with Gasteiger partial charge in [0.2, 0.25) is 0 Å². The molecule has 6 rings (SSSR count). The molecule has 2 aromatic heterocycles. The zero-order valence-electron chi connectivity index (χ0n) is 18.9. The predicted molar refractivity (Wildman–Crippen MR) is 134 cm³/mol. The van der Waals surface area contributed by atoms with Crippen LogP contribution in [0.5, 0.6) is 5.75 Å². The predicted octanol–water partition coefficient (Wildman–Crippen LogP) is 5.72. The standard InChI is InChI=1S/C27H25N3O3.ClH/c1-32-22-8-9-24-23(17-22)28-27(25-3-2-13-30(24)25)11-14-29(15-12-27)26(31)20-6-4-19(5-7-20)21-10-16-33-18-21;/h2-10,13,16-18,28H,11-12,14-15H2,1H3;1H. The molecule has 0 aliphatic carbocycles. The number of carbonyl (C=O) groups excluding carboxylic acids is 1. The van der Waals surface area contributed by atoms with Crippen LogP contribution in [-0.4, -0.2) is 35.6 Å². The van der Waals surface area contributed by atoms with Crippen molar-refractivity contribution in [2.24, 2.45) is 0 Å². The number of amides is 1. The first-order valence-electron chi connectivity index (χ1n) is 11.2. The minimum atomic E-state index is -0.204. The molecule has 0 bridgehead atoms. The lowest BCUT2D eigenvalue weighted by molar-refractivity contribution is 0.0676. The Morgan fingerprint density at radius 1 is 1.03 bits per heavy atom. The molecule has 1 spiro atoms. The Morgan fingerprint density at radius 3 is 2.53 bits per heavy atom. The molecule has 1 saturated heterocycles. The number of anilines is 1. The van der Waals surface area contributed by atoms with E-state index < -0.39 is 0 Å². The van der Waals surface area contributed by atoms with Crippen LogP contribution in [0, 0.1) is 0 Å². The van der Waals surface area contributed by atoms with E-state index in [0.717, 1.165) is 41.1 Å². The molecule has 2 aliphatic heterocycles. The average Bonchev–Trinajstić information content (AvgIpc) is 3.57. The number of rotatable bonds is 3. The molecule has 4 heterocycles. The fourth-order valence-electron chi connectivity index (χ4n) is 5.14. The van der Waals surface area contributed by atoms with Gasteiger partial charge in [-0.2, -0.15) is 0 Å². The molecule has 0 saturated carbocycles. The number of aromatic nitrogens is 1. The number of nitrogens with one attached hydrogen (secondary N) is 1. The molecule has 0 unspecified atom stereocenters. The molecule has 2 aliphatic rings. The van der Waals surface area contributed by atoms with Crippen LogP contribution in [0.3, 0.4) is 0 Å². The van der Waals surface area contributed by atoms with Crippen molar-refractivity contribution < 1.29 is 13.9 Å². The Labute approximate surface area is 204 Å². The Bertz CT molecular complexity index is 1300. The van der Waals surface area contributed by atoms with Gasteiger partial charge in [0.1, 0.15) is 5.75 Å². The molecule has 0 atom stereocenters. The number of likely N-dealkylation sites (tertiary alicyclic amines) is 1. The molecular formula is C27H26ClN3O3. The van der Waals surface area contributed by atoms with Crippen molar-refractivity contribution in [1.29, 1.82) is 0 Å². The molecule has 7 heteroatoms. The number of ether oxygens (including phenoxy) is 1. The lowest BCUT2D eigenvalue weighted by Crippen LogP contribution is -2.51. The number of benzene rings is 2. The molecule has 6 nitrogen and oxygen atoms in total. The Morgan fingerprint density at radius 2 is 1.82 bits per heavy atom. The van der Waals surface area contributed by atoms with Crippen molar-refractivity contribution >= 4 is 24.0 Å². The summed E-state index contributed by atoms with van der Waals surface area (Å²) in [6.45, 7) is 1.39. The number of hydrogen-bond donors (Lipinski definition) is 1. The van der Waals surface area contributed by atoms with E-state index in [4.69, 9.17) is 9.15 Å². The van der Waals surface area contributed by atoms with E-state index in [0.29, 0.717) is 18.7 Å². The maximum atomic E-state index is 13.2. The second-order valence-electron chi connectivity index (χ2n) is 8.74. The minimum absolute atomic E-state index is 0. The number of fused-ring (bicyclic) bond motifs is 4. The minimum Gasteiger partial charge on any atom is -0.497 e. The summed E-state index contributed by atoms with van der Waals surface area (Å²) in [5, 5.41) is 3.80. The number of furan rings is 1. The van der Waals surface area contributed by atoms with Crippen LogP contribution in [0.1, 0.15) is 28.9 Å². The summed E-state index contributed by atoms with van der Waals surface area (Å²) in [6, 6.07) is 20.1. The van der Waals surface area contributed by atoms with Crippen molar-refractivity contribution in [2.45, 2.75) is 18.4 Å². The van der Waals surface area contributed by atoms with Gasteiger partial charge in [-0.3, -0.25) is 4.79 Å². The maximum Gasteiger partial charge on any atom is 0.253 e. The Kier molecular flexibility index (Phi) is 5.62. The largest absolute Gasteiger partial charge is 0.497 e. The second kappa shape index (κ2) is 8.61. The summed E-state index contributed by atoms with van der Waals surface area (Å²) in [6.07, 6.45) is 7.16. The SMILES string of the molecule is COc1ccc2c(c1)NC1(CCN(C(=O)c3ccc(-c4ccoc4)cc3)CC1)c1cccn1-2.Cl. The lowest BCUT2D eigenvalue weighted by atomic mass is 9.82. The number of halogens is 1. The number of hydrogen-bond acceptors (Lipinski definition) is 4. The maximum absolute atomic E-state index is 13.2. The van der Waals surface area contributed by atoms with E-state index in [-0.39, 0.29) is 23.9 Å². The molecule has 0 radical (unpaired) electrons. The van der Waals surface area contributed by atoms with Crippen molar-refractivity contribution in [3.63, 3.8) is 0 Å². The number of piperidine rings is 1. The van der Waals surface area contributed by atoms with E-state index in [1.807, 2.05) is 41.3 Å². The van der Waals surface area contributed by atoms with Gasteiger partial charge >= 0.3 is 0 Å². The molecule has 174 valence electrons. The third kappa shape index (κ3) is 3.55. The highest BCUT2D eigenvalue weighted by molar-refractivity contribution is 5.94. The van der Waals surface area contributed by atoms with Crippen molar-refractivity contribution in [1.82, 2.24) is 9.47 Å². The van der Waals surface area contributed by atoms with Gasteiger partial charge in [-0.15, -0.1) is 12.4 Å². The van der Waals surface area contributed by atoms with E-state index in [2.05, 4.69) is 40.3 Å². The van der Waals surface area contributed by atoms with Crippen LogP contribution in [0.25, 0.3) is 16.8 Å². The summed E-state index contributed by atoms with van der Waals surface area (Å²) in [5.74, 6) is 0.912. The molecule has 1 fully saturated rings. The quantitative estimate of drug-likeness (QED) is 0.411. The first-order chi connectivity index (χ1) is 16.2. The molecular weight excluding hydrogens is 450 g/mol. The third-order valence-electron chi connectivity index (χ3n) is 6.97. The van der Waals surface area contributed by atoms with Gasteiger partial charge < -0.3 is 23.9 Å². The van der Waals surface area contributed by atoms with Gasteiger partial charge in [-0.05, 0) is 60.9 Å². The van der Waals surface area contributed by atoms with E-state index in [1.54, 1.807) is 19.6 Å². The number of methoxy groups -OCH3 is 1. The molecule has 2 aromatic carbocycles. The highest BCUT2D eigenvalue weighted by atomic mass is 35.5.